The molecule has 2 N–H and O–H groups in total. The molecule has 0 bridgehead atoms. The molecule has 1 aromatic rings. The largest absolute Gasteiger partial charge is 0.321 e. The van der Waals surface area contributed by atoms with Gasteiger partial charge in [0.05, 0.1) is 10.5 Å². The van der Waals surface area contributed by atoms with Crippen molar-refractivity contribution in [3.8, 4) is 0 Å². The van der Waals surface area contributed by atoms with E-state index in [0.29, 0.717) is 21.7 Å². The van der Waals surface area contributed by atoms with E-state index in [2.05, 4.69) is 39.5 Å². The zero-order valence-electron chi connectivity index (χ0n) is 9.27. The van der Waals surface area contributed by atoms with Crippen molar-refractivity contribution in [1.29, 1.82) is 0 Å². The number of amides is 2. The molecular formula is C11H7BrN2O3S2. The van der Waals surface area contributed by atoms with E-state index in [-0.39, 0.29) is 11.8 Å². The zero-order chi connectivity index (χ0) is 13.6. The van der Waals surface area contributed by atoms with Gasteiger partial charge in [-0.05, 0) is 31.1 Å². The summed E-state index contributed by atoms with van der Waals surface area (Å²) in [6.45, 7) is 0. The summed E-state index contributed by atoms with van der Waals surface area (Å²) in [6, 6.07) is 5.42. The van der Waals surface area contributed by atoms with Crippen LogP contribution in [0.15, 0.2) is 27.6 Å². The number of carbonyl (C=O) groups excluding carboxylic acids is 2. The molecule has 5 nitrogen and oxygen atoms in total. The molecule has 0 saturated carbocycles. The van der Waals surface area contributed by atoms with Gasteiger partial charge >= 0.3 is 0 Å². The van der Waals surface area contributed by atoms with Crippen LogP contribution >= 0.6 is 40.6 Å². The molecule has 0 spiro atoms. The molecule has 98 valence electrons. The zero-order valence-corrected chi connectivity index (χ0v) is 12.6. The van der Waals surface area contributed by atoms with Crippen molar-refractivity contribution in [3.05, 3.63) is 33.1 Å². The first-order valence-corrected chi connectivity index (χ1v) is 7.27. The van der Waals surface area contributed by atoms with Crippen LogP contribution in [0, 0.1) is 0 Å². The number of benzene rings is 1. The minimum atomic E-state index is -0.581. The normalized spacial score (nSPS) is 25.3. The van der Waals surface area contributed by atoms with Crippen molar-refractivity contribution >= 4 is 63.7 Å². The lowest BCUT2D eigenvalue weighted by molar-refractivity contribution is -0.117. The molecule has 19 heavy (non-hydrogen) atoms. The predicted octanol–water partition coefficient (Wildman–Crippen LogP) is 2.12. The van der Waals surface area contributed by atoms with Crippen LogP contribution in [0.4, 0.5) is 5.69 Å². The minimum Gasteiger partial charge on any atom is -0.321 e. The molecule has 0 aliphatic carbocycles. The predicted molar refractivity (Wildman–Crippen MR) is 79.3 cm³/mol. The highest BCUT2D eigenvalue weighted by Gasteiger charge is 2.36. The Bertz CT molecular complexity index is 632. The van der Waals surface area contributed by atoms with Gasteiger partial charge in [0.2, 0.25) is 0 Å². The smallest absolute Gasteiger partial charge is 0.261 e. The summed E-state index contributed by atoms with van der Waals surface area (Å²) >= 11 is 8.16. The summed E-state index contributed by atoms with van der Waals surface area (Å²) in [6.07, 6.45) is 0. The van der Waals surface area contributed by atoms with Crippen molar-refractivity contribution in [1.82, 2.24) is 5.32 Å². The number of thiol groups is 1. The van der Waals surface area contributed by atoms with Crippen LogP contribution in [0.5, 0.6) is 0 Å². The first-order valence-electron chi connectivity index (χ1n) is 5.23. The van der Waals surface area contributed by atoms with Crippen molar-refractivity contribution in [2.24, 2.45) is 0 Å². The van der Waals surface area contributed by atoms with Gasteiger partial charge in [0.1, 0.15) is 0 Å². The van der Waals surface area contributed by atoms with Crippen LogP contribution in [0.25, 0.3) is 5.57 Å². The molecule has 1 saturated heterocycles. The van der Waals surface area contributed by atoms with Gasteiger partial charge in [0.25, 0.3) is 11.8 Å². The molecule has 3 rings (SSSR count). The highest BCUT2D eigenvalue weighted by Crippen LogP contribution is 2.41. The van der Waals surface area contributed by atoms with E-state index in [4.69, 9.17) is 4.18 Å². The van der Waals surface area contributed by atoms with E-state index in [1.54, 1.807) is 12.1 Å². The van der Waals surface area contributed by atoms with Crippen molar-refractivity contribution < 1.29 is 13.8 Å². The summed E-state index contributed by atoms with van der Waals surface area (Å²) < 4.78 is 5.61. The Kier molecular flexibility index (Phi) is 3.34. The quantitative estimate of drug-likeness (QED) is 0.408. The van der Waals surface area contributed by atoms with E-state index in [1.165, 1.54) is 0 Å². The van der Waals surface area contributed by atoms with Gasteiger partial charge in [-0.3, -0.25) is 13.8 Å². The van der Waals surface area contributed by atoms with E-state index < -0.39 is 5.56 Å². The van der Waals surface area contributed by atoms with E-state index in [9.17, 15) is 9.59 Å². The van der Waals surface area contributed by atoms with Crippen molar-refractivity contribution in [2.45, 2.75) is 5.56 Å². The second kappa shape index (κ2) is 4.86. The van der Waals surface area contributed by atoms with E-state index in [0.717, 1.165) is 16.2 Å². The molecule has 2 aliphatic rings. The molecule has 2 amide bonds. The lowest BCUT2D eigenvalue weighted by atomic mass is 10.1. The standard InChI is InChI=1S/C11H7BrN2O3S2/c12-4-1-2-6-5(3-4)7(9(15)13-6)8-10(16)14-11(17-18)19-8/h1-3,11,18H,(H,13,15)(H,14,16). The summed E-state index contributed by atoms with van der Waals surface area (Å²) in [5.41, 5.74) is 1.19. The Morgan fingerprint density at radius 1 is 1.32 bits per heavy atom. The van der Waals surface area contributed by atoms with Gasteiger partial charge in [0, 0.05) is 15.7 Å². The molecule has 2 aliphatic heterocycles. The number of fused-ring (bicyclic) bond motifs is 1. The number of carbonyl (C=O) groups is 2. The number of thioether (sulfide) groups is 1. The van der Waals surface area contributed by atoms with Crippen LogP contribution in [0.1, 0.15) is 5.56 Å². The summed E-state index contributed by atoms with van der Waals surface area (Å²) in [5, 5.41) is 5.31. The third kappa shape index (κ3) is 2.18. The third-order valence-corrected chi connectivity index (χ3v) is 4.63. The molecule has 1 atom stereocenters. The fraction of sp³-hybridized carbons (Fsp3) is 0.0909. The first kappa shape index (κ1) is 13.0. The highest BCUT2D eigenvalue weighted by molar-refractivity contribution is 9.10. The fourth-order valence-electron chi connectivity index (χ4n) is 1.95. The van der Waals surface area contributed by atoms with Crippen LogP contribution < -0.4 is 10.6 Å². The molecular weight excluding hydrogens is 352 g/mol. The maximum atomic E-state index is 12.0. The van der Waals surface area contributed by atoms with E-state index >= 15 is 0 Å². The monoisotopic (exact) mass is 358 g/mol. The minimum absolute atomic E-state index is 0.287. The second-order valence-corrected chi connectivity index (χ2v) is 6.08. The van der Waals surface area contributed by atoms with Gasteiger partial charge < -0.3 is 10.6 Å². The van der Waals surface area contributed by atoms with Gasteiger partial charge in [0.15, 0.2) is 5.56 Å². The summed E-state index contributed by atoms with van der Waals surface area (Å²) in [7, 11) is 0. The van der Waals surface area contributed by atoms with Crippen molar-refractivity contribution in [2.75, 3.05) is 5.32 Å². The van der Waals surface area contributed by atoms with Gasteiger partial charge in [-0.2, -0.15) is 0 Å². The number of hydrogen-bond acceptors (Lipinski definition) is 5. The lowest BCUT2D eigenvalue weighted by Crippen LogP contribution is -2.24. The third-order valence-electron chi connectivity index (χ3n) is 2.73. The van der Waals surface area contributed by atoms with Crippen molar-refractivity contribution in [3.63, 3.8) is 0 Å². The van der Waals surface area contributed by atoms with Crippen LogP contribution in [0.2, 0.25) is 0 Å². The number of halogens is 1. The topological polar surface area (TPSA) is 67.4 Å². The average Bonchev–Trinajstić information content (AvgIpc) is 2.88. The molecule has 0 radical (unpaired) electrons. The fourth-order valence-corrected chi connectivity index (χ4v) is 3.40. The Balaban J connectivity index is 2.14. The number of anilines is 1. The van der Waals surface area contributed by atoms with Crippen LogP contribution in [0.3, 0.4) is 0 Å². The maximum Gasteiger partial charge on any atom is 0.261 e. The number of hydrogen-bond donors (Lipinski definition) is 3. The highest BCUT2D eigenvalue weighted by atomic mass is 79.9. The molecule has 1 unspecified atom stereocenters. The van der Waals surface area contributed by atoms with E-state index in [1.807, 2.05) is 6.07 Å². The van der Waals surface area contributed by atoms with Gasteiger partial charge in [-0.25, -0.2) is 0 Å². The lowest BCUT2D eigenvalue weighted by Gasteiger charge is -2.02. The van der Waals surface area contributed by atoms with Gasteiger partial charge in [-0.15, -0.1) is 0 Å². The molecule has 8 heteroatoms. The van der Waals surface area contributed by atoms with Crippen LogP contribution in [-0.2, 0) is 13.8 Å². The maximum absolute atomic E-state index is 12.0. The Labute approximate surface area is 126 Å². The molecule has 0 aromatic heterocycles. The summed E-state index contributed by atoms with van der Waals surface area (Å²) in [4.78, 5) is 24.2. The van der Waals surface area contributed by atoms with Crippen LogP contribution in [-0.4, -0.2) is 17.4 Å². The average molecular weight is 359 g/mol. The molecule has 2 heterocycles. The van der Waals surface area contributed by atoms with Gasteiger partial charge in [-0.1, -0.05) is 27.7 Å². The Morgan fingerprint density at radius 3 is 2.79 bits per heavy atom. The second-order valence-electron chi connectivity index (χ2n) is 3.88. The number of rotatable bonds is 1. The SMILES string of the molecule is O=C1NC(OS)SC1=C1C(=O)Nc2ccc(Br)cc21. The molecule has 1 fully saturated rings. The number of nitrogens with one attached hydrogen (secondary N) is 2. The first-order chi connectivity index (χ1) is 9.10. The Hall–Kier alpha value is -0.960. The summed E-state index contributed by atoms with van der Waals surface area (Å²) in [5.74, 6) is -0.618. The Morgan fingerprint density at radius 2 is 2.11 bits per heavy atom. The molecule has 1 aromatic carbocycles.